The summed E-state index contributed by atoms with van der Waals surface area (Å²) in [5, 5.41) is 12.9. The minimum Gasteiger partial charge on any atom is -0.332 e. The van der Waals surface area contributed by atoms with Crippen molar-refractivity contribution in [3.05, 3.63) is 54.1 Å². The second-order valence-corrected chi connectivity index (χ2v) is 8.64. The lowest BCUT2D eigenvalue weighted by atomic mass is 10.1. The number of amides is 2. The first kappa shape index (κ1) is 21.4. The minimum atomic E-state index is -3.77. The Hall–Kier alpha value is -1.91. The van der Waals surface area contributed by atoms with Gasteiger partial charge in [-0.15, -0.1) is 23.2 Å². The SMILES string of the molecule is NS(=O)(=O)c1ccc(NC(=S)NC(=O)Nc2ccc(CC(Cl)Cl)cc2)cc1. The van der Waals surface area contributed by atoms with Crippen molar-refractivity contribution in [2.24, 2.45) is 5.14 Å². The lowest BCUT2D eigenvalue weighted by Crippen LogP contribution is -2.37. The van der Waals surface area contributed by atoms with Gasteiger partial charge in [0.25, 0.3) is 0 Å². The Bertz CT molecular complexity index is 918. The highest BCUT2D eigenvalue weighted by Gasteiger charge is 2.09. The molecule has 5 N–H and O–H groups in total. The van der Waals surface area contributed by atoms with Crippen molar-refractivity contribution >= 4 is 68.0 Å². The maximum Gasteiger partial charge on any atom is 0.325 e. The van der Waals surface area contributed by atoms with Crippen LogP contribution >= 0.6 is 35.4 Å². The number of hydrogen-bond donors (Lipinski definition) is 4. The Morgan fingerprint density at radius 3 is 2.04 bits per heavy atom. The number of nitrogens with two attached hydrogens (primary N) is 1. The van der Waals surface area contributed by atoms with Gasteiger partial charge < -0.3 is 10.6 Å². The number of anilines is 2. The summed E-state index contributed by atoms with van der Waals surface area (Å²) in [6.07, 6.45) is 0.508. The van der Waals surface area contributed by atoms with Crippen LogP contribution in [0.3, 0.4) is 0 Å². The third-order valence-corrected chi connectivity index (χ3v) is 4.71. The summed E-state index contributed by atoms with van der Waals surface area (Å²) in [4.78, 5) is 11.5. The van der Waals surface area contributed by atoms with Crippen LogP contribution in [-0.4, -0.2) is 24.4 Å². The number of rotatable bonds is 5. The predicted molar refractivity (Wildman–Crippen MR) is 112 cm³/mol. The molecule has 2 amide bonds. The van der Waals surface area contributed by atoms with Crippen molar-refractivity contribution in [3.8, 4) is 0 Å². The van der Waals surface area contributed by atoms with E-state index in [-0.39, 0.29) is 10.0 Å². The number of carbonyl (C=O) groups is 1. The monoisotopic (exact) mass is 446 g/mol. The average molecular weight is 447 g/mol. The van der Waals surface area contributed by atoms with Crippen molar-refractivity contribution in [2.45, 2.75) is 16.2 Å². The Morgan fingerprint density at radius 2 is 1.52 bits per heavy atom. The smallest absolute Gasteiger partial charge is 0.325 e. The molecule has 27 heavy (non-hydrogen) atoms. The van der Waals surface area contributed by atoms with Gasteiger partial charge in [-0.3, -0.25) is 5.32 Å². The van der Waals surface area contributed by atoms with Gasteiger partial charge in [-0.05, 0) is 54.2 Å². The zero-order chi connectivity index (χ0) is 20.0. The molecule has 11 heteroatoms. The molecule has 0 saturated heterocycles. The summed E-state index contributed by atoms with van der Waals surface area (Å²) in [5.41, 5.74) is 2.00. The molecule has 0 spiro atoms. The molecule has 7 nitrogen and oxygen atoms in total. The summed E-state index contributed by atoms with van der Waals surface area (Å²) < 4.78 is 22.4. The van der Waals surface area contributed by atoms with Crippen molar-refractivity contribution < 1.29 is 13.2 Å². The van der Waals surface area contributed by atoms with E-state index in [1.165, 1.54) is 24.3 Å². The van der Waals surface area contributed by atoms with Gasteiger partial charge in [-0.2, -0.15) is 0 Å². The van der Waals surface area contributed by atoms with Crippen LogP contribution < -0.4 is 21.1 Å². The van der Waals surface area contributed by atoms with Crippen LogP contribution in [-0.2, 0) is 16.4 Å². The van der Waals surface area contributed by atoms with E-state index >= 15 is 0 Å². The third-order valence-electron chi connectivity index (χ3n) is 3.27. The van der Waals surface area contributed by atoms with Gasteiger partial charge in [-0.1, -0.05) is 12.1 Å². The van der Waals surface area contributed by atoms with Gasteiger partial charge in [0.15, 0.2) is 5.11 Å². The number of alkyl halides is 2. The highest BCUT2D eigenvalue weighted by atomic mass is 35.5. The molecule has 2 rings (SSSR count). The zero-order valence-electron chi connectivity index (χ0n) is 13.8. The van der Waals surface area contributed by atoms with Gasteiger partial charge in [0.1, 0.15) is 4.84 Å². The second-order valence-electron chi connectivity index (χ2n) is 5.39. The molecule has 0 aliphatic heterocycles. The summed E-state index contributed by atoms with van der Waals surface area (Å²) in [7, 11) is -3.77. The van der Waals surface area contributed by atoms with E-state index in [1.807, 2.05) is 0 Å². The van der Waals surface area contributed by atoms with Crippen molar-refractivity contribution in [2.75, 3.05) is 10.6 Å². The lowest BCUT2D eigenvalue weighted by molar-refractivity contribution is 0.256. The Balaban J connectivity index is 1.87. The van der Waals surface area contributed by atoms with Gasteiger partial charge >= 0.3 is 6.03 Å². The predicted octanol–water partition coefficient (Wildman–Crippen LogP) is 3.20. The molecular weight excluding hydrogens is 431 g/mol. The van der Waals surface area contributed by atoms with Gasteiger partial charge in [0.2, 0.25) is 10.0 Å². The van der Waals surface area contributed by atoms with Crippen LogP contribution in [0, 0.1) is 0 Å². The Kier molecular flexibility index (Phi) is 7.40. The fraction of sp³-hybridized carbons (Fsp3) is 0.125. The van der Waals surface area contributed by atoms with Crippen LogP contribution in [0.15, 0.2) is 53.4 Å². The first-order valence-corrected chi connectivity index (χ1v) is 10.3. The van der Waals surface area contributed by atoms with Crippen LogP contribution in [0.25, 0.3) is 0 Å². The molecule has 0 aromatic heterocycles. The average Bonchev–Trinajstić information content (AvgIpc) is 2.55. The number of halogens is 2. The molecule has 0 aliphatic rings. The van der Waals surface area contributed by atoms with Gasteiger partial charge in [-0.25, -0.2) is 18.4 Å². The van der Waals surface area contributed by atoms with Gasteiger partial charge in [0, 0.05) is 17.8 Å². The third kappa shape index (κ3) is 7.31. The van der Waals surface area contributed by atoms with E-state index < -0.39 is 20.9 Å². The lowest BCUT2D eigenvalue weighted by Gasteiger charge is -2.11. The number of hydrogen-bond acceptors (Lipinski definition) is 4. The number of carbonyl (C=O) groups excluding carboxylic acids is 1. The molecular formula is C16H16Cl2N4O3S2. The standard InChI is InChI=1S/C16H16Cl2N4O3S2/c17-14(18)9-10-1-3-11(4-2-10)20-15(23)22-16(26)21-12-5-7-13(8-6-12)27(19,24)25/h1-8,14H,9H2,(H2,19,24,25)(H3,20,21,22,23,26). The molecule has 0 heterocycles. The highest BCUT2D eigenvalue weighted by Crippen LogP contribution is 2.15. The number of primary sulfonamides is 1. The number of benzene rings is 2. The molecule has 0 aliphatic carbocycles. The van der Waals surface area contributed by atoms with E-state index in [2.05, 4.69) is 16.0 Å². The first-order chi connectivity index (χ1) is 12.6. The van der Waals surface area contributed by atoms with Crippen LogP contribution in [0.4, 0.5) is 16.2 Å². The van der Waals surface area contributed by atoms with Crippen LogP contribution in [0.5, 0.6) is 0 Å². The maximum atomic E-state index is 12.0. The fourth-order valence-corrected chi connectivity index (χ4v) is 3.14. The van der Waals surface area contributed by atoms with E-state index in [1.54, 1.807) is 24.3 Å². The minimum absolute atomic E-state index is 0.0252. The maximum absolute atomic E-state index is 12.0. The molecule has 0 unspecified atom stereocenters. The molecule has 2 aromatic rings. The summed E-state index contributed by atoms with van der Waals surface area (Å²) in [6.45, 7) is 0. The van der Waals surface area contributed by atoms with E-state index in [0.29, 0.717) is 17.8 Å². The van der Waals surface area contributed by atoms with Crippen molar-refractivity contribution in [1.82, 2.24) is 5.32 Å². The molecule has 0 atom stereocenters. The summed E-state index contributed by atoms with van der Waals surface area (Å²) in [5.74, 6) is 0. The van der Waals surface area contributed by atoms with Crippen molar-refractivity contribution in [1.29, 1.82) is 0 Å². The van der Waals surface area contributed by atoms with E-state index in [9.17, 15) is 13.2 Å². The quantitative estimate of drug-likeness (QED) is 0.415. The topological polar surface area (TPSA) is 113 Å². The van der Waals surface area contributed by atoms with E-state index in [0.717, 1.165) is 5.56 Å². The first-order valence-electron chi connectivity index (χ1n) is 7.52. The van der Waals surface area contributed by atoms with Crippen LogP contribution in [0.1, 0.15) is 5.56 Å². The fourth-order valence-electron chi connectivity index (χ4n) is 2.06. The molecule has 144 valence electrons. The summed E-state index contributed by atoms with van der Waals surface area (Å²) in [6, 6.07) is 12.1. The number of sulfonamides is 1. The molecule has 0 saturated carbocycles. The zero-order valence-corrected chi connectivity index (χ0v) is 16.9. The van der Waals surface area contributed by atoms with Crippen molar-refractivity contribution in [3.63, 3.8) is 0 Å². The molecule has 2 aromatic carbocycles. The normalized spacial score (nSPS) is 11.1. The van der Waals surface area contributed by atoms with Crippen LogP contribution in [0.2, 0.25) is 0 Å². The number of thiocarbonyl (C=S) groups is 1. The second kappa shape index (κ2) is 9.34. The molecule has 0 bridgehead atoms. The van der Waals surface area contributed by atoms with Gasteiger partial charge in [0.05, 0.1) is 4.90 Å². The largest absolute Gasteiger partial charge is 0.332 e. The molecule has 0 fully saturated rings. The number of urea groups is 1. The Morgan fingerprint density at radius 1 is 1.00 bits per heavy atom. The Labute approximate surface area is 172 Å². The summed E-state index contributed by atoms with van der Waals surface area (Å²) >= 11 is 16.5. The molecule has 0 radical (unpaired) electrons. The number of nitrogens with one attached hydrogen (secondary N) is 3. The highest BCUT2D eigenvalue weighted by molar-refractivity contribution is 7.89. The van der Waals surface area contributed by atoms with E-state index in [4.69, 9.17) is 40.6 Å².